The molecule has 2 rings (SSSR count). The van der Waals surface area contributed by atoms with Crippen LogP contribution in [0.1, 0.15) is 45.4 Å². The third-order valence-corrected chi connectivity index (χ3v) is 4.51. The molecule has 2 heteroatoms. The van der Waals surface area contributed by atoms with Gasteiger partial charge in [-0.1, -0.05) is 13.3 Å². The molecular weight excluding hydrogens is 188 g/mol. The lowest BCUT2D eigenvalue weighted by atomic mass is 9.71. The topological polar surface area (TPSA) is 29.5 Å². The van der Waals surface area contributed by atoms with Gasteiger partial charge in [-0.05, 0) is 49.4 Å². The first-order valence-corrected chi connectivity index (χ1v) is 6.49. The van der Waals surface area contributed by atoms with Gasteiger partial charge in [-0.2, -0.15) is 0 Å². The summed E-state index contributed by atoms with van der Waals surface area (Å²) in [5, 5.41) is 9.64. The van der Waals surface area contributed by atoms with Gasteiger partial charge in [0.25, 0.3) is 0 Å². The van der Waals surface area contributed by atoms with Crippen molar-refractivity contribution in [1.82, 2.24) is 0 Å². The Hall–Kier alpha value is -0.0800. The molecule has 2 saturated carbocycles. The molecule has 3 unspecified atom stereocenters. The zero-order valence-corrected chi connectivity index (χ0v) is 9.87. The fourth-order valence-electron chi connectivity index (χ4n) is 3.66. The van der Waals surface area contributed by atoms with Gasteiger partial charge in [0, 0.05) is 19.8 Å². The molecule has 2 aliphatic rings. The highest BCUT2D eigenvalue weighted by Gasteiger charge is 2.49. The zero-order valence-electron chi connectivity index (χ0n) is 9.87. The van der Waals surface area contributed by atoms with E-state index in [0.29, 0.717) is 6.61 Å². The molecule has 1 N–H and O–H groups in total. The summed E-state index contributed by atoms with van der Waals surface area (Å²) >= 11 is 0. The molecule has 2 aliphatic carbocycles. The predicted molar refractivity (Wildman–Crippen MR) is 60.7 cm³/mol. The summed E-state index contributed by atoms with van der Waals surface area (Å²) in [7, 11) is 0. The Kier molecular flexibility index (Phi) is 3.68. The second kappa shape index (κ2) is 4.84. The van der Waals surface area contributed by atoms with E-state index in [1.165, 1.54) is 25.7 Å². The smallest absolute Gasteiger partial charge is 0.0491 e. The van der Waals surface area contributed by atoms with Crippen molar-refractivity contribution in [3.63, 3.8) is 0 Å². The summed E-state index contributed by atoms with van der Waals surface area (Å²) in [6.45, 7) is 4.23. The van der Waals surface area contributed by atoms with Crippen LogP contribution in [0.25, 0.3) is 0 Å². The molecule has 0 aromatic heterocycles. The first-order valence-electron chi connectivity index (χ1n) is 6.49. The summed E-state index contributed by atoms with van der Waals surface area (Å²) in [5.74, 6) is 1.70. The van der Waals surface area contributed by atoms with E-state index >= 15 is 0 Å². The van der Waals surface area contributed by atoms with Gasteiger partial charge < -0.3 is 9.84 Å². The molecule has 15 heavy (non-hydrogen) atoms. The molecule has 0 saturated heterocycles. The van der Waals surface area contributed by atoms with E-state index in [-0.39, 0.29) is 5.41 Å². The van der Waals surface area contributed by atoms with Gasteiger partial charge in [0.2, 0.25) is 0 Å². The van der Waals surface area contributed by atoms with E-state index < -0.39 is 0 Å². The van der Waals surface area contributed by atoms with Gasteiger partial charge in [-0.25, -0.2) is 0 Å². The normalized spacial score (nSPS) is 38.8. The molecular formula is C13H24O2. The molecule has 0 spiro atoms. The maximum absolute atomic E-state index is 9.64. The zero-order chi connectivity index (χ0) is 10.7. The Morgan fingerprint density at radius 2 is 2.20 bits per heavy atom. The van der Waals surface area contributed by atoms with Gasteiger partial charge in [0.1, 0.15) is 0 Å². The maximum atomic E-state index is 9.64. The van der Waals surface area contributed by atoms with Crippen LogP contribution in [0.2, 0.25) is 0 Å². The van der Waals surface area contributed by atoms with E-state index in [1.54, 1.807) is 0 Å². The molecule has 88 valence electrons. The minimum Gasteiger partial charge on any atom is -0.396 e. The van der Waals surface area contributed by atoms with E-state index in [9.17, 15) is 5.11 Å². The summed E-state index contributed by atoms with van der Waals surface area (Å²) in [5.41, 5.74) is 0.233. The third-order valence-electron chi connectivity index (χ3n) is 4.51. The van der Waals surface area contributed by atoms with E-state index in [4.69, 9.17) is 4.74 Å². The van der Waals surface area contributed by atoms with Crippen molar-refractivity contribution in [2.75, 3.05) is 19.8 Å². The van der Waals surface area contributed by atoms with Crippen LogP contribution < -0.4 is 0 Å². The Balaban J connectivity index is 1.81. The molecule has 3 atom stereocenters. The number of ether oxygens (including phenoxy) is 1. The average molecular weight is 212 g/mol. The Morgan fingerprint density at radius 1 is 1.33 bits per heavy atom. The molecule has 0 radical (unpaired) electrons. The van der Waals surface area contributed by atoms with E-state index in [1.807, 2.05) is 0 Å². The molecule has 2 fully saturated rings. The number of fused-ring (bicyclic) bond motifs is 2. The molecule has 2 nitrogen and oxygen atoms in total. The van der Waals surface area contributed by atoms with Crippen LogP contribution >= 0.6 is 0 Å². The minimum absolute atomic E-state index is 0.233. The Morgan fingerprint density at radius 3 is 2.73 bits per heavy atom. The van der Waals surface area contributed by atoms with Crippen LogP contribution in [0.3, 0.4) is 0 Å². The summed E-state index contributed by atoms with van der Waals surface area (Å²) < 4.78 is 5.57. The fourth-order valence-corrected chi connectivity index (χ4v) is 3.66. The molecule has 0 aromatic rings. The number of aliphatic hydroxyl groups is 1. The van der Waals surface area contributed by atoms with Gasteiger partial charge in [0.15, 0.2) is 0 Å². The lowest BCUT2D eigenvalue weighted by Crippen LogP contribution is -2.33. The van der Waals surface area contributed by atoms with Crippen LogP contribution in [0.15, 0.2) is 0 Å². The van der Waals surface area contributed by atoms with E-state index in [2.05, 4.69) is 6.92 Å². The van der Waals surface area contributed by atoms with Crippen molar-refractivity contribution in [2.24, 2.45) is 17.3 Å². The van der Waals surface area contributed by atoms with Crippen molar-refractivity contribution >= 4 is 0 Å². The van der Waals surface area contributed by atoms with Crippen LogP contribution in [0, 0.1) is 17.3 Å². The van der Waals surface area contributed by atoms with Gasteiger partial charge in [-0.3, -0.25) is 0 Å². The average Bonchev–Trinajstić information content (AvgIpc) is 2.85. The fraction of sp³-hybridized carbons (Fsp3) is 1.00. The van der Waals surface area contributed by atoms with Gasteiger partial charge in [0.05, 0.1) is 0 Å². The van der Waals surface area contributed by atoms with Crippen LogP contribution in [0.5, 0.6) is 0 Å². The first kappa shape index (κ1) is 11.4. The van der Waals surface area contributed by atoms with Crippen molar-refractivity contribution in [1.29, 1.82) is 0 Å². The number of hydrogen-bond donors (Lipinski definition) is 1. The summed E-state index contributed by atoms with van der Waals surface area (Å²) in [6.07, 6.45) is 7.54. The molecule has 0 amide bonds. The third kappa shape index (κ3) is 2.21. The van der Waals surface area contributed by atoms with Crippen molar-refractivity contribution in [3.05, 3.63) is 0 Å². The minimum atomic E-state index is 0.233. The largest absolute Gasteiger partial charge is 0.396 e. The number of rotatable bonds is 6. The second-order valence-corrected chi connectivity index (χ2v) is 5.46. The standard InChI is InChI=1S/C13H24O2/c1-2-6-15-7-5-13(10-14)9-11-3-4-12(13)8-11/h11-12,14H,2-10H2,1H3. The number of hydrogen-bond acceptors (Lipinski definition) is 2. The number of aliphatic hydroxyl groups excluding tert-OH is 1. The first-order chi connectivity index (χ1) is 7.30. The molecule has 0 heterocycles. The van der Waals surface area contributed by atoms with Crippen LogP contribution in [0.4, 0.5) is 0 Å². The van der Waals surface area contributed by atoms with Crippen molar-refractivity contribution in [3.8, 4) is 0 Å². The van der Waals surface area contributed by atoms with Crippen molar-refractivity contribution in [2.45, 2.75) is 45.4 Å². The highest BCUT2D eigenvalue weighted by Crippen LogP contribution is 2.57. The lowest BCUT2D eigenvalue weighted by Gasteiger charge is -2.36. The van der Waals surface area contributed by atoms with Gasteiger partial charge in [-0.15, -0.1) is 0 Å². The van der Waals surface area contributed by atoms with Crippen LogP contribution in [-0.4, -0.2) is 24.9 Å². The highest BCUT2D eigenvalue weighted by atomic mass is 16.5. The second-order valence-electron chi connectivity index (χ2n) is 5.46. The molecule has 0 aromatic carbocycles. The lowest BCUT2D eigenvalue weighted by molar-refractivity contribution is 0.0194. The maximum Gasteiger partial charge on any atom is 0.0491 e. The van der Waals surface area contributed by atoms with Crippen molar-refractivity contribution < 1.29 is 9.84 Å². The van der Waals surface area contributed by atoms with Gasteiger partial charge >= 0.3 is 0 Å². The molecule has 2 bridgehead atoms. The Bertz CT molecular complexity index is 205. The Labute approximate surface area is 93.0 Å². The quantitative estimate of drug-likeness (QED) is 0.686. The summed E-state index contributed by atoms with van der Waals surface area (Å²) in [4.78, 5) is 0. The SMILES string of the molecule is CCCOCCC1(CO)CC2CCC1C2. The highest BCUT2D eigenvalue weighted by molar-refractivity contribution is 4.99. The summed E-state index contributed by atoms with van der Waals surface area (Å²) in [6, 6.07) is 0. The molecule has 0 aliphatic heterocycles. The predicted octanol–water partition coefficient (Wildman–Crippen LogP) is 2.60. The van der Waals surface area contributed by atoms with Crippen LogP contribution in [-0.2, 0) is 4.74 Å². The van der Waals surface area contributed by atoms with E-state index in [0.717, 1.165) is 37.9 Å². The monoisotopic (exact) mass is 212 g/mol.